The number of carbonyl (C=O) groups excluding carboxylic acids is 3. The van der Waals surface area contributed by atoms with Gasteiger partial charge < -0.3 is 14.2 Å². The van der Waals surface area contributed by atoms with Crippen molar-refractivity contribution in [3.8, 4) is 0 Å². The third-order valence-electron chi connectivity index (χ3n) is 8.84. The summed E-state index contributed by atoms with van der Waals surface area (Å²) in [7, 11) is 0. The average molecular weight is 801 g/mol. The second-order valence-corrected chi connectivity index (χ2v) is 14.3. The first-order valence-corrected chi connectivity index (χ1v) is 22.6. The molecule has 0 aliphatic carbocycles. The second kappa shape index (κ2) is 45.5. The van der Waals surface area contributed by atoms with Gasteiger partial charge in [-0.25, -0.2) is 0 Å². The molecule has 0 aromatic rings. The molecule has 0 aliphatic rings. The maximum absolute atomic E-state index is 12.7. The van der Waals surface area contributed by atoms with Crippen LogP contribution in [0.3, 0.4) is 0 Å². The lowest BCUT2D eigenvalue weighted by Gasteiger charge is -2.18. The molecule has 0 aromatic heterocycles. The van der Waals surface area contributed by atoms with Crippen LogP contribution in [-0.4, -0.2) is 37.2 Å². The Morgan fingerprint density at radius 3 is 1.28 bits per heavy atom. The minimum Gasteiger partial charge on any atom is -0.462 e. The van der Waals surface area contributed by atoms with Crippen molar-refractivity contribution in [3.63, 3.8) is 0 Å². The first-order valence-electron chi connectivity index (χ1n) is 22.6. The van der Waals surface area contributed by atoms with Gasteiger partial charge in [-0.05, 0) is 89.9 Å². The van der Waals surface area contributed by atoms with E-state index in [1.807, 2.05) is 48.6 Å². The monoisotopic (exact) mass is 801 g/mol. The van der Waals surface area contributed by atoms with Crippen LogP contribution in [0.25, 0.3) is 0 Å². The highest BCUT2D eigenvalue weighted by atomic mass is 16.6. The minimum atomic E-state index is -0.820. The maximum atomic E-state index is 12.7. The van der Waals surface area contributed by atoms with E-state index in [0.717, 1.165) is 116 Å². The lowest BCUT2D eigenvalue weighted by molar-refractivity contribution is -0.167. The summed E-state index contributed by atoms with van der Waals surface area (Å²) >= 11 is 0. The Balaban J connectivity index is 4.57. The summed E-state index contributed by atoms with van der Waals surface area (Å²) in [6.45, 7) is 6.21. The van der Waals surface area contributed by atoms with Crippen LogP contribution in [0.15, 0.2) is 122 Å². The van der Waals surface area contributed by atoms with Gasteiger partial charge in [-0.3, -0.25) is 14.4 Å². The van der Waals surface area contributed by atoms with E-state index in [9.17, 15) is 14.4 Å². The van der Waals surface area contributed by atoms with Gasteiger partial charge in [-0.1, -0.05) is 181 Å². The highest BCUT2D eigenvalue weighted by Crippen LogP contribution is 2.11. The average Bonchev–Trinajstić information content (AvgIpc) is 3.22. The van der Waals surface area contributed by atoms with Crippen LogP contribution < -0.4 is 0 Å². The number of esters is 3. The molecule has 324 valence electrons. The molecule has 58 heavy (non-hydrogen) atoms. The first-order chi connectivity index (χ1) is 28.5. The highest BCUT2D eigenvalue weighted by Gasteiger charge is 2.19. The molecule has 1 atom stereocenters. The van der Waals surface area contributed by atoms with Crippen LogP contribution in [0.4, 0.5) is 0 Å². The fourth-order valence-corrected chi connectivity index (χ4v) is 5.45. The minimum absolute atomic E-state index is 0.120. The van der Waals surface area contributed by atoms with Crippen molar-refractivity contribution >= 4 is 17.9 Å². The third-order valence-corrected chi connectivity index (χ3v) is 8.84. The van der Waals surface area contributed by atoms with E-state index in [2.05, 4.69) is 93.7 Å². The predicted octanol–water partition coefficient (Wildman–Crippen LogP) is 14.6. The number of carbonyl (C=O) groups is 3. The predicted molar refractivity (Wildman–Crippen MR) is 246 cm³/mol. The molecule has 0 spiro atoms. The van der Waals surface area contributed by atoms with Gasteiger partial charge >= 0.3 is 17.9 Å². The van der Waals surface area contributed by atoms with Crippen LogP contribution >= 0.6 is 0 Å². The van der Waals surface area contributed by atoms with Crippen LogP contribution in [0, 0.1) is 0 Å². The summed E-state index contributed by atoms with van der Waals surface area (Å²) in [6.07, 6.45) is 61.8. The van der Waals surface area contributed by atoms with Crippen molar-refractivity contribution in [2.24, 2.45) is 0 Å². The van der Waals surface area contributed by atoms with Crippen molar-refractivity contribution in [3.05, 3.63) is 122 Å². The molecule has 0 heterocycles. The lowest BCUT2D eigenvalue weighted by atomic mass is 10.1. The second-order valence-electron chi connectivity index (χ2n) is 14.3. The van der Waals surface area contributed by atoms with Crippen molar-refractivity contribution in [2.75, 3.05) is 13.2 Å². The van der Waals surface area contributed by atoms with Crippen molar-refractivity contribution in [1.82, 2.24) is 0 Å². The Kier molecular flexibility index (Phi) is 42.2. The summed E-state index contributed by atoms with van der Waals surface area (Å²) in [6, 6.07) is 0. The van der Waals surface area contributed by atoms with E-state index in [1.165, 1.54) is 12.8 Å². The molecule has 0 rings (SSSR count). The zero-order valence-corrected chi connectivity index (χ0v) is 36.8. The molecule has 6 heteroatoms. The molecule has 0 saturated heterocycles. The number of allylic oxidation sites excluding steroid dienone is 20. The summed E-state index contributed by atoms with van der Waals surface area (Å²) in [4.78, 5) is 37.7. The van der Waals surface area contributed by atoms with Gasteiger partial charge in [-0.2, -0.15) is 0 Å². The number of rotatable bonds is 38. The fraction of sp³-hybridized carbons (Fsp3) is 0.558. The summed E-state index contributed by atoms with van der Waals surface area (Å²) < 4.78 is 16.6. The van der Waals surface area contributed by atoms with Gasteiger partial charge in [0.15, 0.2) is 6.10 Å². The quantitative estimate of drug-likeness (QED) is 0.0203. The van der Waals surface area contributed by atoms with Crippen LogP contribution in [-0.2, 0) is 28.6 Å². The molecular formula is C52H80O6. The van der Waals surface area contributed by atoms with Crippen molar-refractivity contribution in [2.45, 2.75) is 175 Å². The van der Waals surface area contributed by atoms with E-state index in [0.29, 0.717) is 12.8 Å². The standard InChI is InChI=1S/C52H80O6/c1-4-7-10-13-16-19-22-24-26-28-30-33-36-39-42-45-51(54)57-48-49(47-56-50(53)44-41-38-35-32-29-21-18-15-12-9-6-3)58-52(55)46-43-40-37-34-31-27-25-23-20-17-14-11-8-5-2/h7-8,10-11,13,15-22,24-30,49H,4-6,9,12,14,23,31-48H2,1-3H3/b10-7-,11-8-,16-13-,18-15-,20-17-,22-19-,26-24-,27-25-,29-21-,30-28-. The largest absolute Gasteiger partial charge is 0.462 e. The Hall–Kier alpha value is -4.19. The molecule has 6 nitrogen and oxygen atoms in total. The van der Waals surface area contributed by atoms with E-state index >= 15 is 0 Å². The molecule has 0 aliphatic heterocycles. The van der Waals surface area contributed by atoms with E-state index < -0.39 is 6.10 Å². The first kappa shape index (κ1) is 53.8. The van der Waals surface area contributed by atoms with Gasteiger partial charge in [0, 0.05) is 19.3 Å². The number of unbranched alkanes of at least 4 members (excludes halogenated alkanes) is 12. The van der Waals surface area contributed by atoms with Crippen LogP contribution in [0.1, 0.15) is 168 Å². The Morgan fingerprint density at radius 1 is 0.379 bits per heavy atom. The normalized spacial score (nSPS) is 13.2. The number of hydrogen-bond donors (Lipinski definition) is 0. The molecule has 0 saturated carbocycles. The lowest BCUT2D eigenvalue weighted by Crippen LogP contribution is -2.30. The van der Waals surface area contributed by atoms with Crippen LogP contribution in [0.2, 0.25) is 0 Å². The summed E-state index contributed by atoms with van der Waals surface area (Å²) in [5.41, 5.74) is 0. The van der Waals surface area contributed by atoms with Crippen molar-refractivity contribution in [1.29, 1.82) is 0 Å². The molecule has 0 aromatic carbocycles. The summed E-state index contributed by atoms with van der Waals surface area (Å²) in [5, 5.41) is 0. The van der Waals surface area contributed by atoms with E-state index in [-0.39, 0.29) is 37.5 Å². The van der Waals surface area contributed by atoms with Gasteiger partial charge in [0.25, 0.3) is 0 Å². The van der Waals surface area contributed by atoms with Gasteiger partial charge in [0.1, 0.15) is 13.2 Å². The van der Waals surface area contributed by atoms with E-state index in [4.69, 9.17) is 14.2 Å². The molecule has 0 bridgehead atoms. The van der Waals surface area contributed by atoms with Crippen LogP contribution in [0.5, 0.6) is 0 Å². The molecule has 1 unspecified atom stereocenters. The SMILES string of the molecule is CC\C=C/C=C\C=C/C=C\C=C/CCCCCC(=O)OCC(COC(=O)CCCCC/C=C\C=C/CCCC)OC(=O)CCCCCC/C=C\C/C=C\C/C=C\CC. The Bertz CT molecular complexity index is 1290. The number of ether oxygens (including phenoxy) is 3. The molecule has 0 amide bonds. The fourth-order valence-electron chi connectivity index (χ4n) is 5.45. The zero-order chi connectivity index (χ0) is 42.3. The third kappa shape index (κ3) is 42.9. The molecule has 0 fully saturated rings. The summed E-state index contributed by atoms with van der Waals surface area (Å²) in [5.74, 6) is -1.03. The molecule has 0 N–H and O–H groups in total. The topological polar surface area (TPSA) is 78.9 Å². The Morgan fingerprint density at radius 2 is 0.759 bits per heavy atom. The highest BCUT2D eigenvalue weighted by molar-refractivity contribution is 5.71. The van der Waals surface area contributed by atoms with Crippen molar-refractivity contribution < 1.29 is 28.6 Å². The molecular weight excluding hydrogens is 721 g/mol. The maximum Gasteiger partial charge on any atom is 0.306 e. The Labute approximate surface area is 354 Å². The zero-order valence-electron chi connectivity index (χ0n) is 36.8. The van der Waals surface area contributed by atoms with Gasteiger partial charge in [0.05, 0.1) is 0 Å². The molecule has 0 radical (unpaired) electrons. The van der Waals surface area contributed by atoms with E-state index in [1.54, 1.807) is 0 Å². The number of hydrogen-bond acceptors (Lipinski definition) is 6. The van der Waals surface area contributed by atoms with Gasteiger partial charge in [-0.15, -0.1) is 0 Å². The van der Waals surface area contributed by atoms with Gasteiger partial charge in [0.2, 0.25) is 0 Å². The smallest absolute Gasteiger partial charge is 0.306 e.